The van der Waals surface area contributed by atoms with Crippen LogP contribution in [0.1, 0.15) is 91.7 Å². The van der Waals surface area contributed by atoms with Crippen molar-refractivity contribution >= 4 is 55.8 Å². The SMILES string of the molecule is CCOC(=O)C1CCCCN1S(=O)(=O)c1cccc(C(=O)Nc2sc3c(c2C(=O)Nc2ccc(CCc4ccc(C(=O)OC)cc4)cc2)CCCC3)c1. The summed E-state index contributed by atoms with van der Waals surface area (Å²) in [5.41, 5.74) is 4.76. The molecule has 6 rings (SSSR count). The van der Waals surface area contributed by atoms with Crippen molar-refractivity contribution in [2.75, 3.05) is 30.9 Å². The van der Waals surface area contributed by atoms with Crippen molar-refractivity contribution in [2.45, 2.75) is 75.6 Å². The van der Waals surface area contributed by atoms with Crippen LogP contribution in [0.3, 0.4) is 0 Å². The average molecular weight is 758 g/mol. The molecule has 0 saturated carbocycles. The van der Waals surface area contributed by atoms with Crippen LogP contribution in [0.4, 0.5) is 10.7 Å². The number of carbonyl (C=O) groups is 4. The fraction of sp³-hybridized carbons (Fsp3) is 0.350. The lowest BCUT2D eigenvalue weighted by atomic mass is 9.95. The van der Waals surface area contributed by atoms with Crippen LogP contribution in [-0.2, 0) is 50.0 Å². The fourth-order valence-electron chi connectivity index (χ4n) is 6.83. The Morgan fingerprint density at radius 2 is 1.53 bits per heavy atom. The third-order valence-electron chi connectivity index (χ3n) is 9.63. The van der Waals surface area contributed by atoms with E-state index in [-0.39, 0.29) is 35.5 Å². The molecule has 1 saturated heterocycles. The highest BCUT2D eigenvalue weighted by molar-refractivity contribution is 7.89. The maximum atomic E-state index is 13.9. The van der Waals surface area contributed by atoms with Crippen LogP contribution < -0.4 is 10.6 Å². The van der Waals surface area contributed by atoms with Gasteiger partial charge in [0.25, 0.3) is 11.8 Å². The zero-order valence-corrected chi connectivity index (χ0v) is 31.4. The molecule has 1 aliphatic heterocycles. The average Bonchev–Trinajstić information content (AvgIpc) is 3.55. The van der Waals surface area contributed by atoms with Crippen LogP contribution in [0.5, 0.6) is 0 Å². The Bertz CT molecular complexity index is 2090. The maximum Gasteiger partial charge on any atom is 0.337 e. The van der Waals surface area contributed by atoms with Gasteiger partial charge in [0.1, 0.15) is 11.0 Å². The third-order valence-corrected chi connectivity index (χ3v) is 12.7. The molecule has 1 aromatic heterocycles. The van der Waals surface area contributed by atoms with Crippen LogP contribution in [0.2, 0.25) is 0 Å². The van der Waals surface area contributed by atoms with Crippen molar-refractivity contribution in [1.82, 2.24) is 4.31 Å². The number of fused-ring (bicyclic) bond motifs is 1. The zero-order chi connectivity index (χ0) is 37.5. The molecule has 0 bridgehead atoms. The van der Waals surface area contributed by atoms with Crippen molar-refractivity contribution in [3.63, 3.8) is 0 Å². The second-order valence-electron chi connectivity index (χ2n) is 13.1. The number of nitrogens with one attached hydrogen (secondary N) is 2. The highest BCUT2D eigenvalue weighted by atomic mass is 32.2. The zero-order valence-electron chi connectivity index (χ0n) is 29.8. The number of piperidine rings is 1. The molecular formula is C40H43N3O8S2. The monoisotopic (exact) mass is 757 g/mol. The van der Waals surface area contributed by atoms with E-state index in [9.17, 15) is 27.6 Å². The Morgan fingerprint density at radius 3 is 2.23 bits per heavy atom. The molecular weight excluding hydrogens is 715 g/mol. The topological polar surface area (TPSA) is 148 Å². The smallest absolute Gasteiger partial charge is 0.337 e. The van der Waals surface area contributed by atoms with E-state index in [4.69, 9.17) is 9.47 Å². The Balaban J connectivity index is 1.15. The van der Waals surface area contributed by atoms with Gasteiger partial charge in [0.15, 0.2) is 0 Å². The molecule has 2 heterocycles. The first-order valence-electron chi connectivity index (χ1n) is 17.9. The van der Waals surface area contributed by atoms with Gasteiger partial charge in [-0.15, -0.1) is 11.3 Å². The van der Waals surface area contributed by atoms with Gasteiger partial charge in [-0.2, -0.15) is 4.31 Å². The molecule has 1 aliphatic carbocycles. The van der Waals surface area contributed by atoms with Crippen LogP contribution in [0.25, 0.3) is 0 Å². The number of thiophene rings is 1. The van der Waals surface area contributed by atoms with Gasteiger partial charge in [-0.05, 0) is 124 Å². The molecule has 1 atom stereocenters. The lowest BCUT2D eigenvalue weighted by Crippen LogP contribution is -2.48. The number of nitrogens with zero attached hydrogens (tertiary/aromatic N) is 1. The first kappa shape index (κ1) is 37.9. The Hall–Kier alpha value is -4.85. The quantitative estimate of drug-likeness (QED) is 0.150. The van der Waals surface area contributed by atoms with Gasteiger partial charge in [0.2, 0.25) is 10.0 Å². The number of aryl methyl sites for hydroxylation is 3. The Kier molecular flexibility index (Phi) is 12.1. The van der Waals surface area contributed by atoms with Crippen molar-refractivity contribution in [2.24, 2.45) is 0 Å². The van der Waals surface area contributed by atoms with Gasteiger partial charge in [0, 0.05) is 22.7 Å². The Labute approximate surface area is 313 Å². The minimum atomic E-state index is -4.11. The van der Waals surface area contributed by atoms with E-state index < -0.39 is 27.9 Å². The molecule has 278 valence electrons. The molecule has 3 aromatic carbocycles. The number of amides is 2. The van der Waals surface area contributed by atoms with Crippen molar-refractivity contribution in [3.8, 4) is 0 Å². The summed E-state index contributed by atoms with van der Waals surface area (Å²) >= 11 is 1.38. The van der Waals surface area contributed by atoms with E-state index in [1.54, 1.807) is 19.1 Å². The van der Waals surface area contributed by atoms with Gasteiger partial charge in [-0.25, -0.2) is 13.2 Å². The van der Waals surface area contributed by atoms with E-state index >= 15 is 0 Å². The summed E-state index contributed by atoms with van der Waals surface area (Å²) in [5.74, 6) is -1.82. The van der Waals surface area contributed by atoms with Crippen LogP contribution in [-0.4, -0.2) is 62.8 Å². The van der Waals surface area contributed by atoms with E-state index in [1.807, 2.05) is 36.4 Å². The molecule has 53 heavy (non-hydrogen) atoms. The van der Waals surface area contributed by atoms with Gasteiger partial charge < -0.3 is 20.1 Å². The highest BCUT2D eigenvalue weighted by Crippen LogP contribution is 2.39. The van der Waals surface area contributed by atoms with Gasteiger partial charge in [0.05, 0.1) is 29.7 Å². The summed E-state index contributed by atoms with van der Waals surface area (Å²) in [6.07, 6.45) is 6.68. The maximum absolute atomic E-state index is 13.9. The number of anilines is 2. The summed E-state index contributed by atoms with van der Waals surface area (Å²) in [5, 5.41) is 6.34. The molecule has 2 amide bonds. The van der Waals surface area contributed by atoms with Crippen molar-refractivity contribution < 1.29 is 37.1 Å². The summed E-state index contributed by atoms with van der Waals surface area (Å²) in [7, 11) is -2.76. The number of esters is 2. The molecule has 0 radical (unpaired) electrons. The lowest BCUT2D eigenvalue weighted by molar-refractivity contribution is -0.148. The number of hydrogen-bond donors (Lipinski definition) is 2. The van der Waals surface area contributed by atoms with E-state index in [1.165, 1.54) is 47.0 Å². The molecule has 4 aromatic rings. The molecule has 1 fully saturated rings. The third kappa shape index (κ3) is 8.69. The lowest BCUT2D eigenvalue weighted by Gasteiger charge is -2.33. The number of carbonyl (C=O) groups excluding carboxylic acids is 4. The summed E-state index contributed by atoms with van der Waals surface area (Å²) < 4.78 is 38.7. The van der Waals surface area contributed by atoms with E-state index in [0.717, 1.165) is 60.1 Å². The summed E-state index contributed by atoms with van der Waals surface area (Å²) in [6, 6.07) is 19.8. The van der Waals surface area contributed by atoms with Gasteiger partial charge in [-0.3, -0.25) is 14.4 Å². The molecule has 2 N–H and O–H groups in total. The van der Waals surface area contributed by atoms with Crippen LogP contribution >= 0.6 is 11.3 Å². The molecule has 1 unspecified atom stereocenters. The second kappa shape index (κ2) is 16.9. The van der Waals surface area contributed by atoms with Gasteiger partial charge in [-0.1, -0.05) is 30.3 Å². The number of hydrogen-bond acceptors (Lipinski definition) is 9. The number of rotatable bonds is 12. The van der Waals surface area contributed by atoms with E-state index in [2.05, 4.69) is 10.6 Å². The Morgan fingerprint density at radius 1 is 0.830 bits per heavy atom. The molecule has 11 nitrogen and oxygen atoms in total. The predicted molar refractivity (Wildman–Crippen MR) is 203 cm³/mol. The fourth-order valence-corrected chi connectivity index (χ4v) is 9.81. The molecule has 0 spiro atoms. The second-order valence-corrected chi connectivity index (χ2v) is 16.1. The number of benzene rings is 3. The molecule has 13 heteroatoms. The highest BCUT2D eigenvalue weighted by Gasteiger charge is 2.39. The van der Waals surface area contributed by atoms with Crippen LogP contribution in [0, 0.1) is 0 Å². The summed E-state index contributed by atoms with van der Waals surface area (Å²) in [6.45, 7) is 2.01. The first-order chi connectivity index (χ1) is 25.6. The minimum Gasteiger partial charge on any atom is -0.465 e. The largest absolute Gasteiger partial charge is 0.465 e. The first-order valence-corrected chi connectivity index (χ1v) is 20.2. The number of methoxy groups -OCH3 is 1. The van der Waals surface area contributed by atoms with Crippen molar-refractivity contribution in [3.05, 3.63) is 111 Å². The van der Waals surface area contributed by atoms with Gasteiger partial charge >= 0.3 is 11.9 Å². The minimum absolute atomic E-state index is 0.0929. The standard InChI is InChI=1S/C40H43N3O8S2/c1-3-51-40(47)33-12-6-7-24-43(33)53(48,49)31-10-8-9-29(25-31)36(44)42-38-35(32-11-4-5-13-34(32)52-38)37(45)41-30-22-18-27(19-23-30)15-14-26-16-20-28(21-17-26)39(46)50-2/h8-10,16-23,25,33H,3-7,11-15,24H2,1-2H3,(H,41,45)(H,42,44). The number of ether oxygens (including phenoxy) is 2. The molecule has 2 aliphatic rings. The van der Waals surface area contributed by atoms with E-state index in [0.29, 0.717) is 41.1 Å². The summed E-state index contributed by atoms with van der Waals surface area (Å²) in [4.78, 5) is 52.9. The van der Waals surface area contributed by atoms with Crippen LogP contribution in [0.15, 0.2) is 77.7 Å². The predicted octanol–water partition coefficient (Wildman–Crippen LogP) is 6.81. The normalized spacial score (nSPS) is 15.9. The number of sulfonamides is 1. The van der Waals surface area contributed by atoms with Crippen molar-refractivity contribution in [1.29, 1.82) is 0 Å².